The molecule has 0 aliphatic carbocycles. The van der Waals surface area contributed by atoms with Crippen molar-refractivity contribution in [3.8, 4) is 0 Å². The number of hydrogen-bond donors (Lipinski definition) is 0. The van der Waals surface area contributed by atoms with E-state index >= 15 is 0 Å². The molecule has 26 heavy (non-hydrogen) atoms. The molecule has 0 N–H and O–H groups in total. The largest absolute Gasteiger partial charge is 0.366 e. The van der Waals surface area contributed by atoms with Gasteiger partial charge in [0.15, 0.2) is 0 Å². The first-order chi connectivity index (χ1) is 12.9. The first kappa shape index (κ1) is 15.2. The zero-order valence-corrected chi connectivity index (χ0v) is 14.7. The van der Waals surface area contributed by atoms with Gasteiger partial charge in [-0.1, -0.05) is 91.0 Å². The van der Waals surface area contributed by atoms with Crippen LogP contribution in [0, 0.1) is 0 Å². The second kappa shape index (κ2) is 6.34. The van der Waals surface area contributed by atoms with Crippen molar-refractivity contribution in [3.05, 3.63) is 108 Å². The third-order valence-corrected chi connectivity index (χ3v) is 5.42. The molecule has 5 rings (SSSR count). The summed E-state index contributed by atoms with van der Waals surface area (Å²) in [5.41, 5.74) is 2.76. The van der Waals surface area contributed by atoms with Crippen molar-refractivity contribution in [2.24, 2.45) is 0 Å². The summed E-state index contributed by atoms with van der Waals surface area (Å²) < 4.78 is 0. The Kier molecular flexibility index (Phi) is 3.71. The predicted molar refractivity (Wildman–Crippen MR) is 110 cm³/mol. The average molecular weight is 335 g/mol. The standard InChI is InChI=1S/C25H21N/c1-3-13-21-19(9-1)11-7-15-23(21)25(26-17-5-6-18-26)24-16-8-12-20-10-2-4-14-22(20)24/h1-5,7-17,25H,6,18H2. The fourth-order valence-corrected chi connectivity index (χ4v) is 4.23. The van der Waals surface area contributed by atoms with Gasteiger partial charge in [0.1, 0.15) is 0 Å². The maximum Gasteiger partial charge on any atom is 0.0802 e. The maximum absolute atomic E-state index is 2.49. The first-order valence-electron chi connectivity index (χ1n) is 9.29. The zero-order chi connectivity index (χ0) is 17.3. The second-order valence-corrected chi connectivity index (χ2v) is 6.95. The van der Waals surface area contributed by atoms with Gasteiger partial charge in [-0.25, -0.2) is 0 Å². The van der Waals surface area contributed by atoms with Crippen molar-refractivity contribution in [1.29, 1.82) is 0 Å². The molecular formula is C25H21N. The molecule has 0 aromatic heterocycles. The summed E-state index contributed by atoms with van der Waals surface area (Å²) in [6.07, 6.45) is 5.67. The number of rotatable bonds is 3. The van der Waals surface area contributed by atoms with E-state index in [0.29, 0.717) is 0 Å². The summed E-state index contributed by atoms with van der Waals surface area (Å²) in [4.78, 5) is 2.49. The van der Waals surface area contributed by atoms with Crippen LogP contribution >= 0.6 is 0 Å². The van der Waals surface area contributed by atoms with E-state index in [4.69, 9.17) is 0 Å². The third kappa shape index (κ3) is 2.48. The van der Waals surface area contributed by atoms with Crippen LogP contribution in [0.5, 0.6) is 0 Å². The fraction of sp³-hybridized carbons (Fsp3) is 0.120. The van der Waals surface area contributed by atoms with Crippen molar-refractivity contribution in [1.82, 2.24) is 4.90 Å². The highest BCUT2D eigenvalue weighted by atomic mass is 15.1. The summed E-state index contributed by atoms with van der Waals surface area (Å²) in [5.74, 6) is 0. The third-order valence-electron chi connectivity index (χ3n) is 5.42. The van der Waals surface area contributed by atoms with Crippen LogP contribution in [0.1, 0.15) is 23.6 Å². The molecule has 126 valence electrons. The molecule has 0 spiro atoms. The van der Waals surface area contributed by atoms with Gasteiger partial charge in [-0.05, 0) is 45.3 Å². The fourth-order valence-electron chi connectivity index (χ4n) is 4.23. The Labute approximate surface area is 154 Å². The van der Waals surface area contributed by atoms with Gasteiger partial charge in [0.25, 0.3) is 0 Å². The Morgan fingerprint density at radius 1 is 0.615 bits per heavy atom. The van der Waals surface area contributed by atoms with Gasteiger partial charge in [0.2, 0.25) is 0 Å². The summed E-state index contributed by atoms with van der Waals surface area (Å²) in [5, 5.41) is 5.29. The summed E-state index contributed by atoms with van der Waals surface area (Å²) in [6, 6.07) is 31.1. The molecule has 4 aromatic carbocycles. The lowest BCUT2D eigenvalue weighted by Crippen LogP contribution is -2.23. The van der Waals surface area contributed by atoms with E-state index in [0.717, 1.165) is 13.0 Å². The Bertz CT molecular complexity index is 1020. The van der Waals surface area contributed by atoms with E-state index in [-0.39, 0.29) is 6.04 Å². The number of fused-ring (bicyclic) bond motifs is 2. The highest BCUT2D eigenvalue weighted by Gasteiger charge is 2.24. The molecule has 1 nitrogen and oxygen atoms in total. The molecule has 1 aliphatic rings. The van der Waals surface area contributed by atoms with Crippen molar-refractivity contribution in [2.45, 2.75) is 12.5 Å². The minimum atomic E-state index is 0.228. The summed E-state index contributed by atoms with van der Waals surface area (Å²) >= 11 is 0. The van der Waals surface area contributed by atoms with Crippen molar-refractivity contribution >= 4 is 21.5 Å². The SMILES string of the molecule is C1=CN(C(c2cccc3ccccc23)c2cccc3ccccc23)CC1. The molecule has 0 saturated heterocycles. The normalized spacial score (nSPS) is 14.0. The Balaban J connectivity index is 1.80. The average Bonchev–Trinajstić information content (AvgIpc) is 3.23. The molecule has 0 radical (unpaired) electrons. The molecule has 0 bridgehead atoms. The highest BCUT2D eigenvalue weighted by molar-refractivity contribution is 5.90. The van der Waals surface area contributed by atoms with Crippen molar-refractivity contribution in [2.75, 3.05) is 6.54 Å². The number of nitrogens with zero attached hydrogens (tertiary/aromatic N) is 1. The zero-order valence-electron chi connectivity index (χ0n) is 14.7. The van der Waals surface area contributed by atoms with Gasteiger partial charge >= 0.3 is 0 Å². The van der Waals surface area contributed by atoms with Crippen LogP contribution in [0.25, 0.3) is 21.5 Å². The van der Waals surface area contributed by atoms with Crippen LogP contribution in [0.3, 0.4) is 0 Å². The van der Waals surface area contributed by atoms with Crippen LogP contribution < -0.4 is 0 Å². The Morgan fingerprint density at radius 3 is 1.69 bits per heavy atom. The van der Waals surface area contributed by atoms with Gasteiger partial charge in [-0.15, -0.1) is 0 Å². The molecule has 1 aliphatic heterocycles. The topological polar surface area (TPSA) is 3.24 Å². The lowest BCUT2D eigenvalue weighted by molar-refractivity contribution is 0.346. The summed E-state index contributed by atoms with van der Waals surface area (Å²) in [7, 11) is 0. The molecule has 0 fully saturated rings. The van der Waals surface area contributed by atoms with Gasteiger partial charge in [0, 0.05) is 6.54 Å². The van der Waals surface area contributed by atoms with E-state index in [1.165, 1.54) is 32.7 Å². The minimum absolute atomic E-state index is 0.228. The van der Waals surface area contributed by atoms with Gasteiger partial charge in [0.05, 0.1) is 6.04 Å². The second-order valence-electron chi connectivity index (χ2n) is 6.95. The molecular weight excluding hydrogens is 314 g/mol. The highest BCUT2D eigenvalue weighted by Crippen LogP contribution is 2.38. The lowest BCUT2D eigenvalue weighted by atomic mass is 9.90. The summed E-state index contributed by atoms with van der Waals surface area (Å²) in [6.45, 7) is 1.07. The van der Waals surface area contributed by atoms with Gasteiger partial charge in [-0.3, -0.25) is 0 Å². The molecule has 0 saturated carbocycles. The molecule has 4 aromatic rings. The van der Waals surface area contributed by atoms with E-state index in [1.807, 2.05) is 0 Å². The van der Waals surface area contributed by atoms with Gasteiger partial charge < -0.3 is 4.90 Å². The monoisotopic (exact) mass is 335 g/mol. The quantitative estimate of drug-likeness (QED) is 0.424. The first-order valence-corrected chi connectivity index (χ1v) is 9.29. The van der Waals surface area contributed by atoms with Crippen molar-refractivity contribution in [3.63, 3.8) is 0 Å². The van der Waals surface area contributed by atoms with Crippen molar-refractivity contribution < 1.29 is 0 Å². The molecule has 0 unspecified atom stereocenters. The molecule has 0 amide bonds. The van der Waals surface area contributed by atoms with Crippen LogP contribution in [-0.4, -0.2) is 11.4 Å². The Hall–Kier alpha value is -3.06. The van der Waals surface area contributed by atoms with Gasteiger partial charge in [-0.2, -0.15) is 0 Å². The molecule has 1 heterocycles. The van der Waals surface area contributed by atoms with E-state index < -0.39 is 0 Å². The number of benzene rings is 4. The van der Waals surface area contributed by atoms with Crippen LogP contribution in [0.15, 0.2) is 97.2 Å². The number of hydrogen-bond acceptors (Lipinski definition) is 1. The maximum atomic E-state index is 2.49. The Morgan fingerprint density at radius 2 is 1.15 bits per heavy atom. The molecule has 1 heteroatoms. The minimum Gasteiger partial charge on any atom is -0.366 e. The predicted octanol–water partition coefficient (Wildman–Crippen LogP) is 6.30. The van der Waals surface area contributed by atoms with Crippen LogP contribution in [0.2, 0.25) is 0 Å². The van der Waals surface area contributed by atoms with E-state index in [9.17, 15) is 0 Å². The van der Waals surface area contributed by atoms with Crippen LogP contribution in [-0.2, 0) is 0 Å². The van der Waals surface area contributed by atoms with Crippen LogP contribution in [0.4, 0.5) is 0 Å². The molecule has 0 atom stereocenters. The van der Waals surface area contributed by atoms with E-state index in [2.05, 4.69) is 102 Å². The van der Waals surface area contributed by atoms with E-state index in [1.54, 1.807) is 0 Å². The lowest BCUT2D eigenvalue weighted by Gasteiger charge is -2.31. The smallest absolute Gasteiger partial charge is 0.0802 e.